The van der Waals surface area contributed by atoms with E-state index in [0.29, 0.717) is 6.61 Å². The highest BCUT2D eigenvalue weighted by atomic mass is 16.5. The Kier molecular flexibility index (Phi) is 4.79. The van der Waals surface area contributed by atoms with Gasteiger partial charge in [-0.15, -0.1) is 0 Å². The Labute approximate surface area is 132 Å². The average molecular weight is 302 g/mol. The predicted octanol–water partition coefficient (Wildman–Crippen LogP) is 3.56. The van der Waals surface area contributed by atoms with Crippen molar-refractivity contribution in [2.24, 2.45) is 5.92 Å². The topological polar surface area (TPSA) is 38.5 Å². The van der Waals surface area contributed by atoms with Crippen LogP contribution >= 0.6 is 0 Å². The average Bonchev–Trinajstić information content (AvgIpc) is 2.93. The number of fused-ring (bicyclic) bond motifs is 1. The number of nitrogens with zero attached hydrogens (tertiary/aromatic N) is 2. The molecule has 0 bridgehead atoms. The molecule has 0 unspecified atom stereocenters. The summed E-state index contributed by atoms with van der Waals surface area (Å²) in [7, 11) is 3.93. The lowest BCUT2D eigenvalue weighted by atomic mass is 9.91. The van der Waals surface area contributed by atoms with Gasteiger partial charge < -0.3 is 14.2 Å². The Bertz CT molecular complexity index is 627. The molecule has 1 fully saturated rings. The minimum Gasteiger partial charge on any atom is -0.380 e. The van der Waals surface area contributed by atoms with Gasteiger partial charge in [0, 0.05) is 18.1 Å². The number of methoxy groups -OCH3 is 1. The normalized spacial score (nSPS) is 17.4. The Balaban J connectivity index is 1.73. The molecule has 1 aliphatic rings. The number of ether oxygens (including phenoxy) is 1. The fraction of sp³-hybridized carbons (Fsp3) is 0.611. The van der Waals surface area contributed by atoms with E-state index in [1.807, 2.05) is 0 Å². The maximum atomic E-state index is 5.63. The molecule has 0 aliphatic carbocycles. The highest BCUT2D eigenvalue weighted by Crippen LogP contribution is 2.28. The van der Waals surface area contributed by atoms with Crippen LogP contribution in [-0.2, 0) is 17.8 Å². The third kappa shape index (κ3) is 3.18. The van der Waals surface area contributed by atoms with Gasteiger partial charge >= 0.3 is 0 Å². The number of piperidine rings is 1. The molecule has 3 rings (SSSR count). The zero-order chi connectivity index (χ0) is 15.5. The van der Waals surface area contributed by atoms with Crippen molar-refractivity contribution in [3.63, 3.8) is 0 Å². The highest BCUT2D eigenvalue weighted by Gasteiger charge is 2.19. The lowest BCUT2D eigenvalue weighted by Gasteiger charge is -2.28. The van der Waals surface area contributed by atoms with E-state index in [9.17, 15) is 0 Å². The number of aryl methyl sites for hydroxylation is 2. The van der Waals surface area contributed by atoms with Gasteiger partial charge in [-0.3, -0.25) is 0 Å². The van der Waals surface area contributed by atoms with Crippen molar-refractivity contribution >= 4 is 11.0 Å². The van der Waals surface area contributed by atoms with Crippen molar-refractivity contribution in [2.75, 3.05) is 27.2 Å². The Morgan fingerprint density at radius 1 is 1.32 bits per heavy atom. The summed E-state index contributed by atoms with van der Waals surface area (Å²) in [4.78, 5) is 2.42. The third-order valence-electron chi connectivity index (χ3n) is 4.97. The lowest BCUT2D eigenvalue weighted by molar-refractivity contribution is 0.184. The van der Waals surface area contributed by atoms with Gasteiger partial charge in [-0.1, -0.05) is 11.2 Å². The van der Waals surface area contributed by atoms with E-state index in [1.165, 1.54) is 37.9 Å². The van der Waals surface area contributed by atoms with Gasteiger partial charge in [0.05, 0.1) is 12.3 Å². The van der Waals surface area contributed by atoms with Gasteiger partial charge in [0.25, 0.3) is 0 Å². The quantitative estimate of drug-likeness (QED) is 0.846. The fourth-order valence-corrected chi connectivity index (χ4v) is 3.40. The van der Waals surface area contributed by atoms with Crippen LogP contribution in [-0.4, -0.2) is 37.3 Å². The van der Waals surface area contributed by atoms with Crippen LogP contribution in [0.3, 0.4) is 0 Å². The van der Waals surface area contributed by atoms with Gasteiger partial charge in [-0.2, -0.15) is 0 Å². The molecule has 4 heteroatoms. The van der Waals surface area contributed by atoms with E-state index in [0.717, 1.165) is 34.6 Å². The largest absolute Gasteiger partial charge is 0.380 e. The molecule has 0 N–H and O–H groups in total. The first kappa shape index (κ1) is 15.5. The van der Waals surface area contributed by atoms with Crippen LogP contribution in [0.2, 0.25) is 0 Å². The summed E-state index contributed by atoms with van der Waals surface area (Å²) in [5, 5.41) is 5.50. The zero-order valence-corrected chi connectivity index (χ0v) is 13.9. The van der Waals surface area contributed by atoms with Gasteiger partial charge in [0.1, 0.15) is 0 Å². The second-order valence-electron chi connectivity index (χ2n) is 6.59. The Hall–Kier alpha value is -1.39. The number of likely N-dealkylation sites (tertiary alicyclic amines) is 1. The molecule has 0 amide bonds. The van der Waals surface area contributed by atoms with E-state index in [-0.39, 0.29) is 0 Å². The summed E-state index contributed by atoms with van der Waals surface area (Å²) in [6, 6.07) is 4.29. The molecule has 120 valence electrons. The monoisotopic (exact) mass is 302 g/mol. The number of hydrogen-bond donors (Lipinski definition) is 0. The number of hydrogen-bond acceptors (Lipinski definition) is 4. The highest BCUT2D eigenvalue weighted by molar-refractivity contribution is 5.83. The molecular weight excluding hydrogens is 276 g/mol. The van der Waals surface area contributed by atoms with Crippen LogP contribution in [0, 0.1) is 12.8 Å². The number of benzene rings is 1. The molecule has 0 atom stereocenters. The smallest absolute Gasteiger partial charge is 0.172 e. The third-order valence-corrected chi connectivity index (χ3v) is 4.97. The molecule has 0 spiro atoms. The molecule has 2 heterocycles. The standard InChI is InChI=1S/C18H26N2O2/c1-13-4-6-15-17(19-22-18(15)16(13)12-21-3)7-5-14-8-10-20(2)11-9-14/h4,6,14H,5,7-12H2,1-3H3. The summed E-state index contributed by atoms with van der Waals surface area (Å²) < 4.78 is 10.9. The van der Waals surface area contributed by atoms with Crippen molar-refractivity contribution in [1.29, 1.82) is 0 Å². The molecule has 1 saturated heterocycles. The van der Waals surface area contributed by atoms with Crippen molar-refractivity contribution in [1.82, 2.24) is 10.1 Å². The molecular formula is C18H26N2O2. The van der Waals surface area contributed by atoms with Crippen molar-refractivity contribution < 1.29 is 9.26 Å². The molecule has 0 radical (unpaired) electrons. The second kappa shape index (κ2) is 6.80. The number of aromatic nitrogens is 1. The summed E-state index contributed by atoms with van der Waals surface area (Å²) in [5.41, 5.74) is 4.33. The van der Waals surface area contributed by atoms with Gasteiger partial charge in [-0.25, -0.2) is 0 Å². The first-order valence-electron chi connectivity index (χ1n) is 8.23. The summed E-state index contributed by atoms with van der Waals surface area (Å²) in [6.45, 7) is 5.12. The summed E-state index contributed by atoms with van der Waals surface area (Å²) in [5.74, 6) is 0.826. The van der Waals surface area contributed by atoms with Gasteiger partial charge in [0.2, 0.25) is 0 Å². The molecule has 4 nitrogen and oxygen atoms in total. The molecule has 22 heavy (non-hydrogen) atoms. The maximum absolute atomic E-state index is 5.63. The van der Waals surface area contributed by atoms with Crippen LogP contribution in [0.5, 0.6) is 0 Å². The zero-order valence-electron chi connectivity index (χ0n) is 13.9. The van der Waals surface area contributed by atoms with Gasteiger partial charge in [-0.05, 0) is 70.3 Å². The first-order chi connectivity index (χ1) is 10.7. The maximum Gasteiger partial charge on any atom is 0.172 e. The van der Waals surface area contributed by atoms with E-state index in [2.05, 4.69) is 36.2 Å². The van der Waals surface area contributed by atoms with Crippen LogP contribution < -0.4 is 0 Å². The van der Waals surface area contributed by atoms with Crippen LogP contribution in [0.1, 0.15) is 36.1 Å². The summed E-state index contributed by atoms with van der Waals surface area (Å²) >= 11 is 0. The van der Waals surface area contributed by atoms with E-state index in [4.69, 9.17) is 9.26 Å². The Morgan fingerprint density at radius 2 is 2.09 bits per heavy atom. The molecule has 1 aliphatic heterocycles. The summed E-state index contributed by atoms with van der Waals surface area (Å²) in [6.07, 6.45) is 4.83. The molecule has 1 aromatic heterocycles. The van der Waals surface area contributed by atoms with Gasteiger partial charge in [0.15, 0.2) is 5.58 Å². The van der Waals surface area contributed by atoms with Crippen molar-refractivity contribution in [3.05, 3.63) is 29.0 Å². The minimum atomic E-state index is 0.576. The SMILES string of the molecule is COCc1c(C)ccc2c(CCC3CCN(C)CC3)noc12. The second-order valence-corrected chi connectivity index (χ2v) is 6.59. The van der Waals surface area contributed by atoms with Crippen LogP contribution in [0.25, 0.3) is 11.0 Å². The van der Waals surface area contributed by atoms with E-state index < -0.39 is 0 Å². The minimum absolute atomic E-state index is 0.576. The fourth-order valence-electron chi connectivity index (χ4n) is 3.40. The lowest BCUT2D eigenvalue weighted by Crippen LogP contribution is -2.30. The molecule has 2 aromatic rings. The van der Waals surface area contributed by atoms with Crippen molar-refractivity contribution in [3.8, 4) is 0 Å². The molecule has 0 saturated carbocycles. The molecule has 1 aromatic carbocycles. The first-order valence-corrected chi connectivity index (χ1v) is 8.23. The van der Waals surface area contributed by atoms with E-state index >= 15 is 0 Å². The van der Waals surface area contributed by atoms with Crippen molar-refractivity contribution in [2.45, 2.75) is 39.2 Å². The van der Waals surface area contributed by atoms with Crippen LogP contribution in [0.15, 0.2) is 16.7 Å². The van der Waals surface area contributed by atoms with Crippen LogP contribution in [0.4, 0.5) is 0 Å². The Morgan fingerprint density at radius 3 is 2.82 bits per heavy atom. The van der Waals surface area contributed by atoms with E-state index in [1.54, 1.807) is 7.11 Å². The predicted molar refractivity (Wildman–Crippen MR) is 88.0 cm³/mol. The number of rotatable bonds is 5.